The van der Waals surface area contributed by atoms with E-state index in [0.717, 1.165) is 12.8 Å². The zero-order chi connectivity index (χ0) is 12.9. The van der Waals surface area contributed by atoms with Gasteiger partial charge in [-0.1, -0.05) is 59.3 Å². The third-order valence-electron chi connectivity index (χ3n) is 2.61. The maximum Gasteiger partial charge on any atom is 0.243 e. The lowest BCUT2D eigenvalue weighted by atomic mass is 10.1. The number of amides is 1. The Morgan fingerprint density at radius 1 is 1.06 bits per heavy atom. The van der Waals surface area contributed by atoms with Crippen molar-refractivity contribution < 1.29 is 9.63 Å². The van der Waals surface area contributed by atoms with Crippen LogP contribution in [0.3, 0.4) is 0 Å². The summed E-state index contributed by atoms with van der Waals surface area (Å²) in [5.41, 5.74) is 2.49. The van der Waals surface area contributed by atoms with Gasteiger partial charge in [0.15, 0.2) is 0 Å². The number of hydroxylamine groups is 1. The summed E-state index contributed by atoms with van der Waals surface area (Å²) in [5, 5.41) is 0. The molecule has 0 aliphatic rings. The van der Waals surface area contributed by atoms with Crippen molar-refractivity contribution in [3.05, 3.63) is 0 Å². The first-order valence-electron chi connectivity index (χ1n) is 7.07. The molecule has 0 rings (SSSR count). The first kappa shape index (κ1) is 16.4. The fraction of sp³-hybridized carbons (Fsp3) is 0.929. The second kappa shape index (κ2) is 11.9. The van der Waals surface area contributed by atoms with E-state index >= 15 is 0 Å². The largest absolute Gasteiger partial charge is 0.273 e. The quantitative estimate of drug-likeness (QED) is 0.442. The molecule has 1 amide bonds. The van der Waals surface area contributed by atoms with Gasteiger partial charge in [-0.2, -0.15) is 0 Å². The lowest BCUT2D eigenvalue weighted by Gasteiger charge is -2.07. The molecule has 0 saturated heterocycles. The van der Waals surface area contributed by atoms with Gasteiger partial charge in [-0.15, -0.1) is 0 Å². The van der Waals surface area contributed by atoms with Crippen molar-refractivity contribution in [2.24, 2.45) is 5.92 Å². The molecule has 0 unspecified atom stereocenters. The van der Waals surface area contributed by atoms with Crippen molar-refractivity contribution in [2.75, 3.05) is 6.61 Å². The maximum atomic E-state index is 11.3. The molecule has 3 heteroatoms. The summed E-state index contributed by atoms with van der Waals surface area (Å²) in [5.74, 6) is 0.466. The highest BCUT2D eigenvalue weighted by Crippen LogP contribution is 2.08. The molecule has 0 heterocycles. The number of unbranched alkanes of at least 4 members (excludes halogenated alkanes) is 6. The Morgan fingerprint density at radius 3 is 2.24 bits per heavy atom. The summed E-state index contributed by atoms with van der Waals surface area (Å²) < 4.78 is 0. The average Bonchev–Trinajstić information content (AvgIpc) is 2.27. The average molecular weight is 243 g/mol. The molecular formula is C14H29NO2. The van der Waals surface area contributed by atoms with E-state index in [-0.39, 0.29) is 5.91 Å². The third-order valence-corrected chi connectivity index (χ3v) is 2.61. The molecule has 0 bridgehead atoms. The van der Waals surface area contributed by atoms with Gasteiger partial charge in [0.25, 0.3) is 0 Å². The van der Waals surface area contributed by atoms with Gasteiger partial charge in [0, 0.05) is 6.42 Å². The molecule has 3 nitrogen and oxygen atoms in total. The standard InChI is InChI=1S/C14H29NO2/c1-4-5-6-7-8-9-10-11-14(16)15-17-12-13(2)3/h13H,4-12H2,1-3H3,(H,15,16). The molecule has 17 heavy (non-hydrogen) atoms. The minimum atomic E-state index is 0.0132. The smallest absolute Gasteiger partial charge is 0.243 e. The van der Waals surface area contributed by atoms with Crippen LogP contribution in [-0.2, 0) is 9.63 Å². The lowest BCUT2D eigenvalue weighted by molar-refractivity contribution is -0.134. The molecule has 0 aliphatic carbocycles. The van der Waals surface area contributed by atoms with Gasteiger partial charge in [0.05, 0.1) is 6.61 Å². The molecule has 0 radical (unpaired) electrons. The zero-order valence-electron chi connectivity index (χ0n) is 11.8. The van der Waals surface area contributed by atoms with Crippen molar-refractivity contribution in [1.29, 1.82) is 0 Å². The fourth-order valence-corrected chi connectivity index (χ4v) is 1.58. The number of carbonyl (C=O) groups is 1. The van der Waals surface area contributed by atoms with Crippen LogP contribution >= 0.6 is 0 Å². The van der Waals surface area contributed by atoms with E-state index < -0.39 is 0 Å². The van der Waals surface area contributed by atoms with Crippen LogP contribution in [0.5, 0.6) is 0 Å². The Hall–Kier alpha value is -0.570. The Bertz CT molecular complexity index is 181. The molecule has 0 aromatic rings. The van der Waals surface area contributed by atoms with Crippen LogP contribution in [0, 0.1) is 5.92 Å². The molecule has 0 saturated carbocycles. The number of rotatable bonds is 11. The fourth-order valence-electron chi connectivity index (χ4n) is 1.58. The van der Waals surface area contributed by atoms with Crippen molar-refractivity contribution in [3.63, 3.8) is 0 Å². The van der Waals surface area contributed by atoms with Crippen molar-refractivity contribution in [1.82, 2.24) is 5.48 Å². The summed E-state index contributed by atoms with van der Waals surface area (Å²) in [7, 11) is 0. The molecule has 102 valence electrons. The van der Waals surface area contributed by atoms with Gasteiger partial charge < -0.3 is 0 Å². The van der Waals surface area contributed by atoms with Crippen LogP contribution in [0.25, 0.3) is 0 Å². The highest BCUT2D eigenvalue weighted by molar-refractivity contribution is 5.74. The Labute approximate surface area is 106 Å². The minimum absolute atomic E-state index is 0.0132. The van der Waals surface area contributed by atoms with Crippen LogP contribution in [0.1, 0.15) is 72.1 Å². The number of nitrogens with one attached hydrogen (secondary N) is 1. The predicted octanol–water partition coefficient (Wildman–Crippen LogP) is 3.83. The van der Waals surface area contributed by atoms with E-state index in [9.17, 15) is 4.79 Å². The molecular weight excluding hydrogens is 214 g/mol. The monoisotopic (exact) mass is 243 g/mol. The first-order valence-corrected chi connectivity index (χ1v) is 7.07. The normalized spacial score (nSPS) is 10.8. The van der Waals surface area contributed by atoms with Crippen molar-refractivity contribution >= 4 is 5.91 Å². The molecule has 0 aliphatic heterocycles. The molecule has 0 atom stereocenters. The summed E-state index contributed by atoms with van der Waals surface area (Å²) in [6, 6.07) is 0. The molecule has 0 aromatic carbocycles. The summed E-state index contributed by atoms with van der Waals surface area (Å²) in [6.07, 6.45) is 9.23. The van der Waals surface area contributed by atoms with Crippen LogP contribution in [0.2, 0.25) is 0 Å². The van der Waals surface area contributed by atoms with E-state index in [4.69, 9.17) is 4.84 Å². The van der Waals surface area contributed by atoms with E-state index in [0.29, 0.717) is 18.9 Å². The highest BCUT2D eigenvalue weighted by Gasteiger charge is 2.01. The summed E-state index contributed by atoms with van der Waals surface area (Å²) in [4.78, 5) is 16.4. The SMILES string of the molecule is CCCCCCCCCC(=O)NOCC(C)C. The topological polar surface area (TPSA) is 38.3 Å². The summed E-state index contributed by atoms with van der Waals surface area (Å²) in [6.45, 7) is 6.93. The lowest BCUT2D eigenvalue weighted by Crippen LogP contribution is -2.25. The predicted molar refractivity (Wildman–Crippen MR) is 71.5 cm³/mol. The second-order valence-electron chi connectivity index (χ2n) is 5.10. The Kier molecular flexibility index (Phi) is 11.5. The van der Waals surface area contributed by atoms with Crippen molar-refractivity contribution in [2.45, 2.75) is 72.1 Å². The molecule has 1 N–H and O–H groups in total. The van der Waals surface area contributed by atoms with E-state index in [1.54, 1.807) is 0 Å². The van der Waals surface area contributed by atoms with Gasteiger partial charge in [0.1, 0.15) is 0 Å². The van der Waals surface area contributed by atoms with Gasteiger partial charge in [-0.25, -0.2) is 5.48 Å². The first-order chi connectivity index (χ1) is 8.16. The summed E-state index contributed by atoms with van der Waals surface area (Å²) >= 11 is 0. The van der Waals surface area contributed by atoms with E-state index in [2.05, 4.69) is 26.3 Å². The van der Waals surface area contributed by atoms with Crippen molar-refractivity contribution in [3.8, 4) is 0 Å². The van der Waals surface area contributed by atoms with Gasteiger partial charge in [-0.3, -0.25) is 9.63 Å². The number of hydrogen-bond donors (Lipinski definition) is 1. The van der Waals surface area contributed by atoms with Crippen LogP contribution < -0.4 is 5.48 Å². The van der Waals surface area contributed by atoms with Crippen LogP contribution in [0.15, 0.2) is 0 Å². The second-order valence-corrected chi connectivity index (χ2v) is 5.10. The van der Waals surface area contributed by atoms with Gasteiger partial charge in [0.2, 0.25) is 5.91 Å². The van der Waals surface area contributed by atoms with Gasteiger partial charge >= 0.3 is 0 Å². The van der Waals surface area contributed by atoms with Crippen LogP contribution in [-0.4, -0.2) is 12.5 Å². The van der Waals surface area contributed by atoms with Gasteiger partial charge in [-0.05, 0) is 12.3 Å². The third kappa shape index (κ3) is 13.4. The van der Waals surface area contributed by atoms with Crippen LogP contribution in [0.4, 0.5) is 0 Å². The molecule has 0 fully saturated rings. The molecule has 0 aromatic heterocycles. The minimum Gasteiger partial charge on any atom is -0.273 e. The van der Waals surface area contributed by atoms with E-state index in [1.165, 1.54) is 32.1 Å². The van der Waals surface area contributed by atoms with E-state index in [1.807, 2.05) is 0 Å². The zero-order valence-corrected chi connectivity index (χ0v) is 11.8. The highest BCUT2D eigenvalue weighted by atomic mass is 16.6. The number of hydrogen-bond acceptors (Lipinski definition) is 2. The Morgan fingerprint density at radius 2 is 1.65 bits per heavy atom. The molecule has 0 spiro atoms. The Balaban J connectivity index is 3.16. The maximum absolute atomic E-state index is 11.3. The number of carbonyl (C=O) groups excluding carboxylic acids is 1.